The van der Waals surface area contributed by atoms with Crippen LogP contribution in [-0.4, -0.2) is 80.2 Å². The monoisotopic (exact) mass is 704 g/mol. The zero-order valence-electron chi connectivity index (χ0n) is 28.7. The van der Waals surface area contributed by atoms with E-state index in [0.29, 0.717) is 24.7 Å². The van der Waals surface area contributed by atoms with Crippen molar-refractivity contribution < 1.29 is 65.1 Å². The van der Waals surface area contributed by atoms with Crippen LogP contribution in [0.15, 0.2) is 0 Å². The summed E-state index contributed by atoms with van der Waals surface area (Å²) in [6.45, 7) is 11.8. The Morgan fingerprint density at radius 1 is 0.667 bits per heavy atom. The summed E-state index contributed by atoms with van der Waals surface area (Å²) in [5.41, 5.74) is -1.51. The van der Waals surface area contributed by atoms with Gasteiger partial charge in [-0.2, -0.15) is 8.42 Å². The average Bonchev–Trinajstić information content (AvgIpc) is 3.40. The average molecular weight is 705 g/mol. The number of hydrogen-bond acceptors (Lipinski definition) is 13. The standard InChI is InChI=1S/C33H52O14S/c1-17-7-9-24-19(3)26(39-28-32(24)22(17)11-13-30(5,41-28)44-46-32)37-15-21(43-48(34,35)36)16-38-27-20(4)25-10-8-18(2)23-12-14-31(6)42-29(40-27)33(23,25)47-45-31/h17-29H,7-16H2,1-6H3,(H,34,35,36)/t17-,18-,19-,20-,21?,22+,23+,24+,25+,26+,27+,28-,29?,30-,31?,32-,33-/m1/s1. The molecule has 2 saturated carbocycles. The second-order valence-electron chi connectivity index (χ2n) is 16.4. The van der Waals surface area contributed by atoms with Crippen LogP contribution in [-0.2, 0) is 62.6 Å². The van der Waals surface area contributed by atoms with Gasteiger partial charge in [0, 0.05) is 36.5 Å². The maximum atomic E-state index is 12.0. The van der Waals surface area contributed by atoms with E-state index < -0.39 is 64.4 Å². The smallest absolute Gasteiger partial charge is 0.349 e. The van der Waals surface area contributed by atoms with Gasteiger partial charge in [-0.3, -0.25) is 4.55 Å². The Balaban J connectivity index is 0.972. The summed E-state index contributed by atoms with van der Waals surface area (Å²) in [7, 11) is -4.84. The first kappa shape index (κ1) is 34.6. The van der Waals surface area contributed by atoms with Gasteiger partial charge in [-0.25, -0.2) is 23.7 Å². The molecule has 0 amide bonds. The van der Waals surface area contributed by atoms with Gasteiger partial charge in [0.1, 0.15) is 6.10 Å². The summed E-state index contributed by atoms with van der Waals surface area (Å²) in [5.74, 6) is -0.870. The second kappa shape index (κ2) is 12.0. The van der Waals surface area contributed by atoms with Crippen molar-refractivity contribution in [2.24, 2.45) is 47.3 Å². The van der Waals surface area contributed by atoms with Crippen LogP contribution in [0.2, 0.25) is 0 Å². The first-order chi connectivity index (χ1) is 22.7. The highest BCUT2D eigenvalue weighted by Gasteiger charge is 2.71. The van der Waals surface area contributed by atoms with E-state index >= 15 is 0 Å². The molecule has 8 saturated heterocycles. The topological polar surface area (TPSA) is 156 Å². The highest BCUT2D eigenvalue weighted by Crippen LogP contribution is 2.62. The van der Waals surface area contributed by atoms with Crippen molar-refractivity contribution in [1.29, 1.82) is 0 Å². The molecule has 48 heavy (non-hydrogen) atoms. The van der Waals surface area contributed by atoms with Gasteiger partial charge in [0.05, 0.1) is 13.2 Å². The van der Waals surface area contributed by atoms with Crippen LogP contribution >= 0.6 is 0 Å². The molecule has 10 aliphatic rings. The summed E-state index contributed by atoms with van der Waals surface area (Å²) >= 11 is 0. The van der Waals surface area contributed by atoms with E-state index in [1.807, 2.05) is 27.7 Å². The lowest BCUT2D eigenvalue weighted by Crippen LogP contribution is -2.70. The van der Waals surface area contributed by atoms with Gasteiger partial charge in [0.25, 0.3) is 0 Å². The molecule has 0 aromatic heterocycles. The van der Waals surface area contributed by atoms with Crippen LogP contribution in [0, 0.1) is 47.3 Å². The molecular formula is C33H52O14S. The molecule has 274 valence electrons. The molecule has 0 aromatic rings. The maximum absolute atomic E-state index is 12.0. The zero-order chi connectivity index (χ0) is 33.9. The minimum atomic E-state index is -4.84. The molecule has 8 aliphatic heterocycles. The summed E-state index contributed by atoms with van der Waals surface area (Å²) in [5, 5.41) is 0. The third-order valence-electron chi connectivity index (χ3n) is 13.3. The van der Waals surface area contributed by atoms with Crippen LogP contribution in [0.5, 0.6) is 0 Å². The molecule has 8 heterocycles. The molecule has 0 radical (unpaired) electrons. The normalized spacial score (nSPS) is 54.9. The van der Waals surface area contributed by atoms with Gasteiger partial charge in [-0.15, -0.1) is 0 Å². The van der Waals surface area contributed by atoms with Crippen molar-refractivity contribution in [1.82, 2.24) is 0 Å². The third-order valence-corrected chi connectivity index (χ3v) is 13.9. The summed E-state index contributed by atoms with van der Waals surface area (Å²) in [6.07, 6.45) is 2.88. The van der Waals surface area contributed by atoms with Gasteiger partial charge in [0.15, 0.2) is 36.4 Å². The van der Waals surface area contributed by atoms with E-state index in [2.05, 4.69) is 13.8 Å². The maximum Gasteiger partial charge on any atom is 0.397 e. The lowest BCUT2D eigenvalue weighted by atomic mass is 9.58. The van der Waals surface area contributed by atoms with E-state index in [4.69, 9.17) is 52.2 Å². The molecule has 14 nitrogen and oxygen atoms in total. The molecule has 1 N–H and O–H groups in total. The zero-order valence-corrected chi connectivity index (χ0v) is 29.6. The summed E-state index contributed by atoms with van der Waals surface area (Å²) in [4.78, 5) is 24.2. The van der Waals surface area contributed by atoms with Crippen molar-refractivity contribution in [3.63, 3.8) is 0 Å². The quantitative estimate of drug-likeness (QED) is 0.276. The summed E-state index contributed by atoms with van der Waals surface area (Å²) in [6, 6.07) is 0. The molecule has 4 bridgehead atoms. The van der Waals surface area contributed by atoms with Crippen molar-refractivity contribution in [2.45, 2.75) is 147 Å². The van der Waals surface area contributed by atoms with Gasteiger partial charge in [-0.05, 0) is 76.0 Å². The molecule has 10 fully saturated rings. The van der Waals surface area contributed by atoms with Crippen molar-refractivity contribution in [2.75, 3.05) is 13.2 Å². The number of rotatable bonds is 8. The molecule has 15 heteroatoms. The first-order valence-corrected chi connectivity index (χ1v) is 19.3. The van der Waals surface area contributed by atoms with Crippen molar-refractivity contribution in [3.05, 3.63) is 0 Å². The van der Waals surface area contributed by atoms with E-state index in [1.165, 1.54) is 0 Å². The number of hydrogen-bond donors (Lipinski definition) is 1. The molecule has 3 unspecified atom stereocenters. The van der Waals surface area contributed by atoms with Crippen molar-refractivity contribution >= 4 is 10.4 Å². The van der Waals surface area contributed by atoms with Crippen LogP contribution < -0.4 is 0 Å². The van der Waals surface area contributed by atoms with Gasteiger partial charge in [0.2, 0.25) is 11.6 Å². The van der Waals surface area contributed by atoms with Crippen LogP contribution in [0.4, 0.5) is 0 Å². The SMILES string of the molecule is C[C@H]1[C@@H](OCC(CO[C@H]2O[C@@H]3O[C@@]4(C)CC[C@H]5[C@H](C)CC[C@@H]([C@H]2C)[C@@]35OO4)OS(=O)(=O)O)OC2OC3(C)CC[C@H]4[C@H](C)CC[C@@H]1[C@@]24OO3. The van der Waals surface area contributed by atoms with E-state index in [0.717, 1.165) is 38.5 Å². The predicted molar refractivity (Wildman–Crippen MR) is 162 cm³/mol. The fourth-order valence-electron chi connectivity index (χ4n) is 10.8. The summed E-state index contributed by atoms with van der Waals surface area (Å²) < 4.78 is 77.0. The van der Waals surface area contributed by atoms with E-state index in [9.17, 15) is 13.0 Å². The predicted octanol–water partition coefficient (Wildman–Crippen LogP) is 4.62. The highest BCUT2D eigenvalue weighted by molar-refractivity contribution is 7.80. The second-order valence-corrected chi connectivity index (χ2v) is 17.4. The van der Waals surface area contributed by atoms with Crippen LogP contribution in [0.1, 0.15) is 92.9 Å². The van der Waals surface area contributed by atoms with Gasteiger partial charge >= 0.3 is 10.4 Å². The largest absolute Gasteiger partial charge is 0.397 e. The minimum absolute atomic E-state index is 0.0242. The van der Waals surface area contributed by atoms with Crippen LogP contribution in [0.25, 0.3) is 0 Å². The Hall–Kier alpha value is -0.530. The Bertz CT molecular complexity index is 1250. The van der Waals surface area contributed by atoms with Crippen molar-refractivity contribution in [3.8, 4) is 0 Å². The minimum Gasteiger partial charge on any atom is -0.349 e. The third kappa shape index (κ3) is 5.45. The fourth-order valence-corrected chi connectivity index (χ4v) is 11.3. The molecule has 2 aliphatic carbocycles. The Kier molecular flexibility index (Phi) is 8.64. The van der Waals surface area contributed by atoms with Gasteiger partial charge in [-0.1, -0.05) is 27.7 Å². The van der Waals surface area contributed by atoms with Gasteiger partial charge < -0.3 is 28.4 Å². The van der Waals surface area contributed by atoms with E-state index in [1.54, 1.807) is 0 Å². The number of fused-ring (bicyclic) bond motifs is 4. The Morgan fingerprint density at radius 3 is 1.52 bits per heavy atom. The Morgan fingerprint density at radius 2 is 1.10 bits per heavy atom. The fraction of sp³-hybridized carbons (Fsp3) is 1.00. The molecular weight excluding hydrogens is 652 g/mol. The van der Waals surface area contributed by atoms with E-state index in [-0.39, 0.29) is 48.7 Å². The molecule has 17 atom stereocenters. The van der Waals surface area contributed by atoms with Crippen LogP contribution in [0.3, 0.4) is 0 Å². The first-order valence-electron chi connectivity index (χ1n) is 18.0. The lowest BCUT2D eigenvalue weighted by Gasteiger charge is -2.60. The highest BCUT2D eigenvalue weighted by atomic mass is 32.3. The Labute approximate surface area is 282 Å². The molecule has 2 spiro atoms. The number of ether oxygens (including phenoxy) is 6. The molecule has 0 aromatic carbocycles. The lowest BCUT2D eigenvalue weighted by molar-refractivity contribution is -0.578. The molecule has 10 rings (SSSR count).